The van der Waals surface area contributed by atoms with Gasteiger partial charge in [0.15, 0.2) is 0 Å². The fourth-order valence-electron chi connectivity index (χ4n) is 2.73. The van der Waals surface area contributed by atoms with E-state index in [1.165, 1.54) is 12.8 Å². The molecule has 0 spiro atoms. The van der Waals surface area contributed by atoms with Crippen LogP contribution < -0.4 is 0 Å². The Morgan fingerprint density at radius 1 is 0.545 bits per heavy atom. The van der Waals surface area contributed by atoms with Crippen molar-refractivity contribution in [2.75, 3.05) is 26.2 Å². The molecule has 0 aliphatic carbocycles. The van der Waals surface area contributed by atoms with Crippen molar-refractivity contribution in [3.8, 4) is 0 Å². The molecule has 0 N–H and O–H groups in total. The lowest BCUT2D eigenvalue weighted by molar-refractivity contribution is -0.131. The van der Waals surface area contributed by atoms with Crippen molar-refractivity contribution in [2.45, 2.75) is 79.1 Å². The van der Waals surface area contributed by atoms with Crippen LogP contribution in [0.4, 0.5) is 0 Å². The number of amides is 2. The molecular weight excluding hydrogens is 276 g/mol. The normalized spacial score (nSPS) is 10.5. The molecule has 4 nitrogen and oxygen atoms in total. The van der Waals surface area contributed by atoms with Crippen LogP contribution in [-0.4, -0.2) is 47.8 Å². The van der Waals surface area contributed by atoms with E-state index in [0.29, 0.717) is 12.8 Å². The smallest absolute Gasteiger partial charge is 0.222 e. The first kappa shape index (κ1) is 20.9. The van der Waals surface area contributed by atoms with Crippen molar-refractivity contribution < 1.29 is 9.59 Å². The molecule has 4 heteroatoms. The van der Waals surface area contributed by atoms with Crippen LogP contribution in [0.25, 0.3) is 0 Å². The van der Waals surface area contributed by atoms with E-state index in [1.807, 2.05) is 37.5 Å². The zero-order chi connectivity index (χ0) is 16.8. The lowest BCUT2D eigenvalue weighted by Gasteiger charge is -2.18. The first-order chi connectivity index (χ1) is 10.6. The molecule has 130 valence electrons. The maximum Gasteiger partial charge on any atom is 0.222 e. The number of carbonyl (C=O) groups excluding carboxylic acids is 2. The van der Waals surface area contributed by atoms with E-state index in [4.69, 9.17) is 0 Å². The SMILES string of the molecule is CCN(CC)C(=O)CCCCCCCCC(=O)N(CC)CC. The molecule has 0 radical (unpaired) electrons. The van der Waals surface area contributed by atoms with Crippen LogP contribution >= 0.6 is 0 Å². The molecule has 0 rings (SSSR count). The summed E-state index contributed by atoms with van der Waals surface area (Å²) < 4.78 is 0. The van der Waals surface area contributed by atoms with Gasteiger partial charge in [-0.3, -0.25) is 9.59 Å². The number of hydrogen-bond acceptors (Lipinski definition) is 2. The topological polar surface area (TPSA) is 40.6 Å². The summed E-state index contributed by atoms with van der Waals surface area (Å²) in [6.45, 7) is 11.4. The van der Waals surface area contributed by atoms with Crippen molar-refractivity contribution in [1.29, 1.82) is 0 Å². The highest BCUT2D eigenvalue weighted by molar-refractivity contribution is 5.76. The minimum atomic E-state index is 0.287. The van der Waals surface area contributed by atoms with Crippen molar-refractivity contribution >= 4 is 11.8 Å². The molecule has 0 aliphatic rings. The molecule has 0 bridgehead atoms. The van der Waals surface area contributed by atoms with E-state index >= 15 is 0 Å². The summed E-state index contributed by atoms with van der Waals surface area (Å²) in [6, 6.07) is 0. The number of carbonyl (C=O) groups is 2. The molecule has 0 atom stereocenters. The largest absolute Gasteiger partial charge is 0.343 e. The number of rotatable bonds is 13. The van der Waals surface area contributed by atoms with Gasteiger partial charge in [-0.15, -0.1) is 0 Å². The summed E-state index contributed by atoms with van der Waals surface area (Å²) in [5, 5.41) is 0. The van der Waals surface area contributed by atoms with Gasteiger partial charge in [0, 0.05) is 39.0 Å². The van der Waals surface area contributed by atoms with Gasteiger partial charge >= 0.3 is 0 Å². The van der Waals surface area contributed by atoms with Crippen LogP contribution in [-0.2, 0) is 9.59 Å². The van der Waals surface area contributed by atoms with Crippen LogP contribution in [0.2, 0.25) is 0 Å². The Kier molecular flexibility index (Phi) is 12.9. The minimum Gasteiger partial charge on any atom is -0.343 e. The molecule has 0 aromatic rings. The molecule has 0 aliphatic heterocycles. The second-order valence-electron chi connectivity index (χ2n) is 5.75. The number of hydrogen-bond donors (Lipinski definition) is 0. The summed E-state index contributed by atoms with van der Waals surface area (Å²) in [5.74, 6) is 0.574. The molecule has 0 aromatic carbocycles. The lowest BCUT2D eigenvalue weighted by Crippen LogP contribution is -2.30. The van der Waals surface area contributed by atoms with Crippen LogP contribution in [0, 0.1) is 0 Å². The summed E-state index contributed by atoms with van der Waals surface area (Å²) in [5.41, 5.74) is 0. The molecule has 0 unspecified atom stereocenters. The molecule has 22 heavy (non-hydrogen) atoms. The molecule has 2 amide bonds. The van der Waals surface area contributed by atoms with E-state index in [9.17, 15) is 9.59 Å². The van der Waals surface area contributed by atoms with Crippen LogP contribution in [0.3, 0.4) is 0 Å². The molecule has 0 saturated heterocycles. The van der Waals surface area contributed by atoms with E-state index < -0.39 is 0 Å². The zero-order valence-electron chi connectivity index (χ0n) is 15.2. The average molecular weight is 312 g/mol. The van der Waals surface area contributed by atoms with Gasteiger partial charge in [-0.25, -0.2) is 0 Å². The van der Waals surface area contributed by atoms with Gasteiger partial charge in [0.05, 0.1) is 0 Å². The Morgan fingerprint density at radius 3 is 1.09 bits per heavy atom. The van der Waals surface area contributed by atoms with Crippen molar-refractivity contribution in [3.63, 3.8) is 0 Å². The first-order valence-electron chi connectivity index (χ1n) is 9.16. The Hall–Kier alpha value is -1.06. The highest BCUT2D eigenvalue weighted by atomic mass is 16.2. The standard InChI is InChI=1S/C18H36N2O2/c1-5-19(6-2)17(21)15-13-11-9-10-12-14-16-18(22)20(7-3)8-4/h5-16H2,1-4H3. The third-order valence-corrected chi connectivity index (χ3v) is 4.26. The Bertz CT molecular complexity index is 267. The van der Waals surface area contributed by atoms with E-state index in [0.717, 1.165) is 51.9 Å². The van der Waals surface area contributed by atoms with Gasteiger partial charge in [-0.2, -0.15) is 0 Å². The quantitative estimate of drug-likeness (QED) is 0.485. The average Bonchev–Trinajstić information content (AvgIpc) is 2.52. The highest BCUT2D eigenvalue weighted by Crippen LogP contribution is 2.10. The maximum absolute atomic E-state index is 11.8. The van der Waals surface area contributed by atoms with Gasteiger partial charge in [0.2, 0.25) is 11.8 Å². The van der Waals surface area contributed by atoms with Crippen molar-refractivity contribution in [1.82, 2.24) is 9.80 Å². The summed E-state index contributed by atoms with van der Waals surface area (Å²) in [6.07, 6.45) is 7.94. The number of nitrogens with zero attached hydrogens (tertiary/aromatic N) is 2. The van der Waals surface area contributed by atoms with E-state index in [2.05, 4.69) is 0 Å². The zero-order valence-corrected chi connectivity index (χ0v) is 15.2. The predicted octanol–water partition coefficient (Wildman–Crippen LogP) is 3.84. The van der Waals surface area contributed by atoms with Gasteiger partial charge in [0.25, 0.3) is 0 Å². The first-order valence-corrected chi connectivity index (χ1v) is 9.16. The molecule has 0 saturated carbocycles. The fraction of sp³-hybridized carbons (Fsp3) is 0.889. The van der Waals surface area contributed by atoms with Gasteiger partial charge in [-0.05, 0) is 40.5 Å². The second kappa shape index (κ2) is 13.6. The highest BCUT2D eigenvalue weighted by Gasteiger charge is 2.09. The van der Waals surface area contributed by atoms with Crippen molar-refractivity contribution in [2.24, 2.45) is 0 Å². The Labute approximate surface area is 137 Å². The van der Waals surface area contributed by atoms with Gasteiger partial charge < -0.3 is 9.80 Å². The van der Waals surface area contributed by atoms with Gasteiger partial charge in [0.1, 0.15) is 0 Å². The Balaban J connectivity index is 3.51. The molecule has 0 fully saturated rings. The number of unbranched alkanes of at least 4 members (excludes halogenated alkanes) is 5. The Morgan fingerprint density at radius 2 is 0.818 bits per heavy atom. The van der Waals surface area contributed by atoms with Crippen molar-refractivity contribution in [3.05, 3.63) is 0 Å². The van der Waals surface area contributed by atoms with Gasteiger partial charge in [-0.1, -0.05) is 25.7 Å². The van der Waals surface area contributed by atoms with Crippen LogP contribution in [0.5, 0.6) is 0 Å². The van der Waals surface area contributed by atoms with E-state index in [-0.39, 0.29) is 11.8 Å². The summed E-state index contributed by atoms with van der Waals surface area (Å²) in [7, 11) is 0. The third-order valence-electron chi connectivity index (χ3n) is 4.26. The summed E-state index contributed by atoms with van der Waals surface area (Å²) in [4.78, 5) is 27.4. The third kappa shape index (κ3) is 9.06. The molecule has 0 heterocycles. The monoisotopic (exact) mass is 312 g/mol. The summed E-state index contributed by atoms with van der Waals surface area (Å²) >= 11 is 0. The van der Waals surface area contributed by atoms with Crippen LogP contribution in [0.1, 0.15) is 79.1 Å². The maximum atomic E-state index is 11.8. The predicted molar refractivity (Wildman–Crippen MR) is 92.8 cm³/mol. The van der Waals surface area contributed by atoms with E-state index in [1.54, 1.807) is 0 Å². The van der Waals surface area contributed by atoms with Crippen LogP contribution in [0.15, 0.2) is 0 Å². The fourth-order valence-corrected chi connectivity index (χ4v) is 2.73. The minimum absolute atomic E-state index is 0.287. The molecular formula is C18H36N2O2. The molecule has 0 aromatic heterocycles. The lowest BCUT2D eigenvalue weighted by atomic mass is 10.1. The second-order valence-corrected chi connectivity index (χ2v) is 5.75.